The Hall–Kier alpha value is -7.94. The number of anilines is 3. The van der Waals surface area contributed by atoms with Gasteiger partial charge in [0.2, 0.25) is 0 Å². The van der Waals surface area contributed by atoms with Gasteiger partial charge >= 0.3 is 0 Å². The Morgan fingerprint density at radius 2 is 0.617 bits per heavy atom. The van der Waals surface area contributed by atoms with Gasteiger partial charge in [0.1, 0.15) is 0 Å². The van der Waals surface area contributed by atoms with E-state index < -0.39 is 0 Å². The molecule has 0 saturated heterocycles. The fraction of sp³-hybridized carbons (Fsp3) is 0. The van der Waals surface area contributed by atoms with Crippen LogP contribution in [-0.4, -0.2) is 4.57 Å². The van der Waals surface area contributed by atoms with Crippen LogP contribution in [0.15, 0.2) is 243 Å². The average molecular weight is 765 g/mol. The lowest BCUT2D eigenvalue weighted by atomic mass is 9.96. The minimum absolute atomic E-state index is 1.10. The molecule has 0 fully saturated rings. The lowest BCUT2D eigenvalue weighted by Gasteiger charge is -2.26. The Bertz CT molecular complexity index is 3190. The summed E-state index contributed by atoms with van der Waals surface area (Å²) in [6.07, 6.45) is 0. The summed E-state index contributed by atoms with van der Waals surface area (Å²) in [5.74, 6) is 0. The van der Waals surface area contributed by atoms with E-state index in [-0.39, 0.29) is 0 Å². The summed E-state index contributed by atoms with van der Waals surface area (Å²) >= 11 is 0. The lowest BCUT2D eigenvalue weighted by molar-refractivity contribution is 1.18. The first-order chi connectivity index (χ1) is 29.7. The van der Waals surface area contributed by atoms with Crippen LogP contribution in [0, 0.1) is 0 Å². The summed E-state index contributed by atoms with van der Waals surface area (Å²) in [6.45, 7) is 0. The first kappa shape index (κ1) is 35.2. The zero-order chi connectivity index (χ0) is 39.8. The minimum atomic E-state index is 1.10. The van der Waals surface area contributed by atoms with E-state index >= 15 is 0 Å². The highest BCUT2D eigenvalue weighted by molar-refractivity contribution is 6.09. The van der Waals surface area contributed by atoms with Crippen molar-refractivity contribution in [3.05, 3.63) is 243 Å². The molecule has 1 aromatic heterocycles. The van der Waals surface area contributed by atoms with Crippen molar-refractivity contribution in [3.8, 4) is 50.2 Å². The van der Waals surface area contributed by atoms with Crippen molar-refractivity contribution >= 4 is 49.6 Å². The Balaban J connectivity index is 0.907. The van der Waals surface area contributed by atoms with Gasteiger partial charge in [0.25, 0.3) is 0 Å². The highest BCUT2D eigenvalue weighted by Crippen LogP contribution is 2.39. The predicted octanol–water partition coefficient (Wildman–Crippen LogP) is 16.1. The zero-order valence-electron chi connectivity index (χ0n) is 33.0. The van der Waals surface area contributed by atoms with Gasteiger partial charge in [-0.1, -0.05) is 182 Å². The van der Waals surface area contributed by atoms with Crippen LogP contribution < -0.4 is 4.90 Å². The van der Waals surface area contributed by atoms with Gasteiger partial charge in [0.05, 0.1) is 11.0 Å². The quantitative estimate of drug-likeness (QED) is 0.150. The molecule has 0 radical (unpaired) electrons. The molecule has 0 spiro atoms. The molecule has 0 bridgehead atoms. The van der Waals surface area contributed by atoms with Crippen molar-refractivity contribution in [1.29, 1.82) is 0 Å². The summed E-state index contributed by atoms with van der Waals surface area (Å²) in [5.41, 5.74) is 16.5. The Labute approximate surface area is 350 Å². The normalized spacial score (nSPS) is 11.3. The monoisotopic (exact) mass is 764 g/mol. The highest BCUT2D eigenvalue weighted by Gasteiger charge is 2.15. The number of hydrogen-bond donors (Lipinski definition) is 0. The van der Waals surface area contributed by atoms with Crippen LogP contribution in [-0.2, 0) is 0 Å². The fourth-order valence-electron chi connectivity index (χ4n) is 8.81. The summed E-state index contributed by atoms with van der Waals surface area (Å²) in [6, 6.07) is 87.7. The third-order valence-corrected chi connectivity index (χ3v) is 11.8. The molecule has 2 heteroatoms. The number of hydrogen-bond acceptors (Lipinski definition) is 1. The molecule has 1 heterocycles. The largest absolute Gasteiger partial charge is 0.311 e. The maximum Gasteiger partial charge on any atom is 0.0541 e. The van der Waals surface area contributed by atoms with Crippen LogP contribution in [0.5, 0.6) is 0 Å². The molecule has 0 N–H and O–H groups in total. The molecule has 0 aliphatic carbocycles. The first-order valence-electron chi connectivity index (χ1n) is 20.6. The number of fused-ring (bicyclic) bond motifs is 4. The third kappa shape index (κ3) is 6.41. The smallest absolute Gasteiger partial charge is 0.0541 e. The number of aromatic nitrogens is 1. The van der Waals surface area contributed by atoms with E-state index in [0.29, 0.717) is 0 Å². The first-order valence-corrected chi connectivity index (χ1v) is 20.6. The van der Waals surface area contributed by atoms with Crippen molar-refractivity contribution in [2.45, 2.75) is 0 Å². The van der Waals surface area contributed by atoms with Gasteiger partial charge in [-0.15, -0.1) is 0 Å². The number of benzene rings is 10. The van der Waals surface area contributed by atoms with Crippen LogP contribution in [0.4, 0.5) is 17.1 Å². The van der Waals surface area contributed by atoms with E-state index in [1.54, 1.807) is 0 Å². The second-order valence-corrected chi connectivity index (χ2v) is 15.4. The van der Waals surface area contributed by atoms with Gasteiger partial charge in [-0.2, -0.15) is 0 Å². The summed E-state index contributed by atoms with van der Waals surface area (Å²) in [4.78, 5) is 2.34. The van der Waals surface area contributed by atoms with Crippen molar-refractivity contribution in [2.75, 3.05) is 4.90 Å². The zero-order valence-corrected chi connectivity index (χ0v) is 33.0. The number of nitrogens with zero attached hydrogens (tertiary/aromatic N) is 2. The minimum Gasteiger partial charge on any atom is -0.311 e. The molecule has 0 aliphatic rings. The fourth-order valence-corrected chi connectivity index (χ4v) is 8.81. The van der Waals surface area contributed by atoms with Crippen molar-refractivity contribution in [3.63, 3.8) is 0 Å². The third-order valence-electron chi connectivity index (χ3n) is 11.8. The van der Waals surface area contributed by atoms with E-state index in [1.807, 2.05) is 0 Å². The molecule has 11 aromatic rings. The van der Waals surface area contributed by atoms with E-state index in [2.05, 4.69) is 252 Å². The van der Waals surface area contributed by atoms with E-state index in [1.165, 1.54) is 77.1 Å². The molecule has 0 saturated carbocycles. The molecular formula is C58H40N2. The SMILES string of the molecule is c1ccc(-c2ccc(N(c3ccc(-c4ccc(-c5cccc6ccccc56)cc4)cc3)c3ccc(-c4ccc(-n5c6ccccc6c6ccccc65)cc4)cc3)cc2)cc1. The van der Waals surface area contributed by atoms with Crippen molar-refractivity contribution in [1.82, 2.24) is 4.57 Å². The standard InChI is InChI=1S/C58H40N2/c1-2-11-41(12-3-1)43-25-33-49(34-26-43)59(50-35-27-44(28-36-50)42-21-23-48(24-22-42)54-18-10-14-47-13-4-5-15-53(47)54)51-37-29-45(30-38-51)46-31-39-52(40-32-46)60-57-19-8-6-16-55(57)56-17-7-9-20-58(56)60/h1-40H. The van der Waals surface area contributed by atoms with E-state index in [4.69, 9.17) is 0 Å². The van der Waals surface area contributed by atoms with Gasteiger partial charge in [-0.05, 0) is 116 Å². The second kappa shape index (κ2) is 15.1. The molecule has 60 heavy (non-hydrogen) atoms. The van der Waals surface area contributed by atoms with E-state index in [9.17, 15) is 0 Å². The van der Waals surface area contributed by atoms with Gasteiger partial charge in [-0.3, -0.25) is 0 Å². The van der Waals surface area contributed by atoms with Gasteiger partial charge in [-0.25, -0.2) is 0 Å². The topological polar surface area (TPSA) is 8.17 Å². The van der Waals surface area contributed by atoms with Crippen molar-refractivity contribution in [2.24, 2.45) is 0 Å². The Morgan fingerprint density at radius 1 is 0.250 bits per heavy atom. The predicted molar refractivity (Wildman–Crippen MR) is 255 cm³/mol. The highest BCUT2D eigenvalue weighted by atomic mass is 15.1. The summed E-state index contributed by atoms with van der Waals surface area (Å²) in [7, 11) is 0. The van der Waals surface area contributed by atoms with Gasteiger partial charge < -0.3 is 9.47 Å². The van der Waals surface area contributed by atoms with Crippen LogP contribution in [0.3, 0.4) is 0 Å². The molecule has 2 nitrogen and oxygen atoms in total. The number of rotatable bonds is 8. The summed E-state index contributed by atoms with van der Waals surface area (Å²) in [5, 5.41) is 5.07. The molecule has 10 aromatic carbocycles. The maximum absolute atomic E-state index is 2.37. The van der Waals surface area contributed by atoms with Crippen LogP contribution >= 0.6 is 0 Å². The molecule has 0 unspecified atom stereocenters. The van der Waals surface area contributed by atoms with Crippen LogP contribution in [0.25, 0.3) is 82.8 Å². The van der Waals surface area contributed by atoms with Gasteiger partial charge in [0.15, 0.2) is 0 Å². The molecule has 11 rings (SSSR count). The average Bonchev–Trinajstić information content (AvgIpc) is 3.67. The summed E-state index contributed by atoms with van der Waals surface area (Å²) < 4.78 is 2.37. The molecular weight excluding hydrogens is 725 g/mol. The van der Waals surface area contributed by atoms with Crippen LogP contribution in [0.2, 0.25) is 0 Å². The molecule has 0 amide bonds. The maximum atomic E-state index is 2.37. The Morgan fingerprint density at radius 3 is 1.13 bits per heavy atom. The molecule has 282 valence electrons. The van der Waals surface area contributed by atoms with Crippen LogP contribution in [0.1, 0.15) is 0 Å². The lowest BCUT2D eigenvalue weighted by Crippen LogP contribution is -2.09. The van der Waals surface area contributed by atoms with Gasteiger partial charge in [0, 0.05) is 33.5 Å². The van der Waals surface area contributed by atoms with Crippen molar-refractivity contribution < 1.29 is 0 Å². The second-order valence-electron chi connectivity index (χ2n) is 15.4. The molecule has 0 aliphatic heterocycles. The number of para-hydroxylation sites is 2. The Kier molecular flexibility index (Phi) is 8.87. The van der Waals surface area contributed by atoms with E-state index in [0.717, 1.165) is 22.7 Å². The molecule has 0 atom stereocenters.